The van der Waals surface area contributed by atoms with Crippen LogP contribution in [0.4, 0.5) is 0 Å². The van der Waals surface area contributed by atoms with Crippen molar-refractivity contribution in [1.29, 1.82) is 0 Å². The van der Waals surface area contributed by atoms with E-state index in [0.717, 1.165) is 50.5 Å². The second-order valence-electron chi connectivity index (χ2n) is 7.57. The Morgan fingerprint density at radius 2 is 1.93 bits per heavy atom. The van der Waals surface area contributed by atoms with Crippen LogP contribution in [-0.4, -0.2) is 43.5 Å². The molecule has 5 heteroatoms. The zero-order valence-electron chi connectivity index (χ0n) is 17.9. The third kappa shape index (κ3) is 5.36. The van der Waals surface area contributed by atoms with Crippen molar-refractivity contribution in [2.75, 3.05) is 26.2 Å². The van der Waals surface area contributed by atoms with Gasteiger partial charge in [-0.3, -0.25) is 4.99 Å². The number of aryl methyl sites for hydroxylation is 1. The number of halogens is 1. The second kappa shape index (κ2) is 11.1. The van der Waals surface area contributed by atoms with E-state index in [1.807, 2.05) is 24.5 Å². The van der Waals surface area contributed by atoms with Gasteiger partial charge in [0.25, 0.3) is 0 Å². The van der Waals surface area contributed by atoms with Crippen LogP contribution in [0, 0.1) is 19.3 Å². The van der Waals surface area contributed by atoms with Gasteiger partial charge in [0.1, 0.15) is 5.82 Å². The molecule has 2 aromatic rings. The van der Waals surface area contributed by atoms with Crippen molar-refractivity contribution in [3.8, 4) is 12.3 Å². The number of rotatable bonds is 4. The summed E-state index contributed by atoms with van der Waals surface area (Å²) in [6.45, 7) is 8.44. The lowest BCUT2D eigenvalue weighted by Crippen LogP contribution is -2.47. The van der Waals surface area contributed by atoms with Gasteiger partial charge in [0.15, 0.2) is 0 Å². The lowest BCUT2D eigenvalue weighted by molar-refractivity contribution is 0.282. The minimum absolute atomic E-state index is 0.296. The van der Waals surface area contributed by atoms with Crippen LogP contribution in [0.2, 0.25) is 5.02 Å². The molecule has 0 bridgehead atoms. The maximum Gasteiger partial charge on any atom is 0.108 e. The predicted molar refractivity (Wildman–Crippen MR) is 129 cm³/mol. The van der Waals surface area contributed by atoms with Crippen molar-refractivity contribution in [2.24, 2.45) is 4.99 Å². The zero-order valence-corrected chi connectivity index (χ0v) is 18.7. The molecular formula is C25H31ClN4. The van der Waals surface area contributed by atoms with Crippen LogP contribution < -0.4 is 10.6 Å². The molecule has 2 aromatic carbocycles. The Bertz CT molecular complexity index is 915. The first kappa shape index (κ1) is 22.2. The van der Waals surface area contributed by atoms with Gasteiger partial charge in [0.2, 0.25) is 0 Å². The van der Waals surface area contributed by atoms with Crippen LogP contribution in [0.25, 0.3) is 10.8 Å². The highest BCUT2D eigenvalue weighted by Gasteiger charge is 2.23. The molecule has 2 aliphatic heterocycles. The average molecular weight is 423 g/mol. The quantitative estimate of drug-likeness (QED) is 0.700. The Morgan fingerprint density at radius 1 is 1.20 bits per heavy atom. The summed E-state index contributed by atoms with van der Waals surface area (Å²) < 4.78 is 0. The fraction of sp³-hybridized carbons (Fsp3) is 0.400. The molecule has 0 amide bonds. The Balaban J connectivity index is 0.000000184. The van der Waals surface area contributed by atoms with E-state index in [1.165, 1.54) is 27.7 Å². The molecule has 4 rings (SSSR count). The molecule has 0 spiro atoms. The lowest BCUT2D eigenvalue weighted by Gasteiger charge is -2.35. The minimum atomic E-state index is 0.296. The van der Waals surface area contributed by atoms with Crippen LogP contribution in [0.15, 0.2) is 52.8 Å². The van der Waals surface area contributed by atoms with Gasteiger partial charge in [-0.1, -0.05) is 48.9 Å². The monoisotopic (exact) mass is 422 g/mol. The molecule has 2 heterocycles. The molecule has 1 unspecified atom stereocenters. The molecule has 30 heavy (non-hydrogen) atoms. The highest BCUT2D eigenvalue weighted by Crippen LogP contribution is 2.26. The molecule has 0 radical (unpaired) electrons. The fourth-order valence-electron chi connectivity index (χ4n) is 4.03. The maximum absolute atomic E-state index is 6.06. The van der Waals surface area contributed by atoms with Gasteiger partial charge in [0.05, 0.1) is 12.4 Å². The van der Waals surface area contributed by atoms with E-state index in [9.17, 15) is 0 Å². The summed E-state index contributed by atoms with van der Waals surface area (Å²) in [5.74, 6) is 3.98. The normalized spacial score (nSPS) is 18.5. The smallest absolute Gasteiger partial charge is 0.108 e. The van der Waals surface area contributed by atoms with E-state index in [4.69, 9.17) is 18.0 Å². The van der Waals surface area contributed by atoms with E-state index in [2.05, 4.69) is 58.5 Å². The summed E-state index contributed by atoms with van der Waals surface area (Å²) >= 11 is 6.06. The number of nitrogens with one attached hydrogen (secondary N) is 2. The van der Waals surface area contributed by atoms with Crippen molar-refractivity contribution in [3.63, 3.8) is 0 Å². The summed E-state index contributed by atoms with van der Waals surface area (Å²) in [6, 6.07) is 12.5. The molecule has 1 atom stereocenters. The summed E-state index contributed by atoms with van der Waals surface area (Å²) in [5, 5.41) is 9.93. The molecule has 0 saturated carbocycles. The van der Waals surface area contributed by atoms with Gasteiger partial charge in [-0.15, -0.1) is 12.3 Å². The van der Waals surface area contributed by atoms with E-state index >= 15 is 0 Å². The molecule has 4 nitrogen and oxygen atoms in total. The highest BCUT2D eigenvalue weighted by molar-refractivity contribution is 6.35. The topological polar surface area (TPSA) is 39.7 Å². The van der Waals surface area contributed by atoms with Crippen LogP contribution in [0.5, 0.6) is 0 Å². The second-order valence-corrected chi connectivity index (χ2v) is 7.98. The molecule has 0 aromatic heterocycles. The SMILES string of the molecule is C#CCCC1=C(N2CCNCC2)NC=NC1CC.Cc1cccc2cccc(Cl)c12. The van der Waals surface area contributed by atoms with Gasteiger partial charge < -0.3 is 15.5 Å². The van der Waals surface area contributed by atoms with Crippen molar-refractivity contribution in [3.05, 3.63) is 58.4 Å². The summed E-state index contributed by atoms with van der Waals surface area (Å²) in [7, 11) is 0. The average Bonchev–Trinajstić information content (AvgIpc) is 2.78. The summed E-state index contributed by atoms with van der Waals surface area (Å²) in [6.07, 6.45) is 10.0. The first-order valence-electron chi connectivity index (χ1n) is 10.7. The predicted octanol–water partition coefficient (Wildman–Crippen LogP) is 4.73. The third-order valence-corrected chi connectivity index (χ3v) is 5.90. The number of nitrogens with zero attached hydrogens (tertiary/aromatic N) is 2. The number of piperazine rings is 1. The van der Waals surface area contributed by atoms with Crippen LogP contribution in [0.1, 0.15) is 31.7 Å². The molecule has 1 saturated heterocycles. The standard InChI is InChI=1S/C14H22N4.C11H9Cl/c1-3-5-6-12-13(4-2)16-11-17-14(12)18-9-7-15-8-10-18;1-8-4-2-5-9-6-3-7-10(12)11(8)9/h1,11,13,15H,4-10H2,2H3,(H,16,17);2-7H,1H3. The minimum Gasteiger partial charge on any atom is -0.356 e. The van der Waals surface area contributed by atoms with Crippen LogP contribution >= 0.6 is 11.6 Å². The maximum atomic E-state index is 6.06. The first-order chi connectivity index (χ1) is 14.7. The van der Waals surface area contributed by atoms with Crippen molar-refractivity contribution >= 4 is 28.7 Å². The Morgan fingerprint density at radius 3 is 2.60 bits per heavy atom. The van der Waals surface area contributed by atoms with Crippen LogP contribution in [0.3, 0.4) is 0 Å². The lowest BCUT2D eigenvalue weighted by atomic mass is 9.98. The van der Waals surface area contributed by atoms with Gasteiger partial charge in [0, 0.05) is 43.0 Å². The number of terminal acetylenes is 1. The number of hydrogen-bond acceptors (Lipinski definition) is 4. The van der Waals surface area contributed by atoms with Gasteiger partial charge in [-0.05, 0) is 42.4 Å². The fourth-order valence-corrected chi connectivity index (χ4v) is 4.36. The molecular weight excluding hydrogens is 392 g/mol. The number of fused-ring (bicyclic) bond motifs is 1. The first-order valence-corrected chi connectivity index (χ1v) is 11.1. The Hall–Kier alpha value is -2.48. The number of aliphatic imine (C=N–C) groups is 1. The van der Waals surface area contributed by atoms with E-state index in [0.29, 0.717) is 6.04 Å². The van der Waals surface area contributed by atoms with Crippen LogP contribution in [-0.2, 0) is 0 Å². The van der Waals surface area contributed by atoms with Crippen molar-refractivity contribution < 1.29 is 0 Å². The van der Waals surface area contributed by atoms with E-state index in [-0.39, 0.29) is 0 Å². The molecule has 1 fully saturated rings. The Kier molecular flexibility index (Phi) is 8.19. The highest BCUT2D eigenvalue weighted by atomic mass is 35.5. The molecule has 0 aliphatic carbocycles. The van der Waals surface area contributed by atoms with Crippen molar-refractivity contribution in [1.82, 2.24) is 15.5 Å². The van der Waals surface area contributed by atoms with E-state index in [1.54, 1.807) is 0 Å². The Labute approximate surface area is 185 Å². The third-order valence-electron chi connectivity index (χ3n) is 5.58. The largest absolute Gasteiger partial charge is 0.356 e. The van der Waals surface area contributed by atoms with Crippen molar-refractivity contribution in [2.45, 2.75) is 39.2 Å². The molecule has 158 valence electrons. The molecule has 2 N–H and O–H groups in total. The number of benzene rings is 2. The summed E-state index contributed by atoms with van der Waals surface area (Å²) in [5.41, 5.74) is 2.61. The zero-order chi connectivity index (χ0) is 21.3. The van der Waals surface area contributed by atoms with Gasteiger partial charge in [-0.25, -0.2) is 0 Å². The van der Waals surface area contributed by atoms with E-state index < -0.39 is 0 Å². The molecule has 2 aliphatic rings. The van der Waals surface area contributed by atoms with Gasteiger partial charge >= 0.3 is 0 Å². The summed E-state index contributed by atoms with van der Waals surface area (Å²) in [4.78, 5) is 6.94. The number of hydrogen-bond donors (Lipinski definition) is 2. The van der Waals surface area contributed by atoms with Gasteiger partial charge in [-0.2, -0.15) is 0 Å².